The van der Waals surface area contributed by atoms with Crippen molar-refractivity contribution < 1.29 is 0 Å². The van der Waals surface area contributed by atoms with Gasteiger partial charge in [0.15, 0.2) is 0 Å². The van der Waals surface area contributed by atoms with Gasteiger partial charge in [0, 0.05) is 5.92 Å². The largest absolute Gasteiger partial charge is 0.252 e. The lowest BCUT2D eigenvalue weighted by atomic mass is 9.88. The molecule has 0 amide bonds. The number of fused-ring (bicyclic) bond motifs is 1. The third-order valence-electron chi connectivity index (χ3n) is 3.29. The van der Waals surface area contributed by atoms with Gasteiger partial charge in [-0.15, -0.1) is 0 Å². The van der Waals surface area contributed by atoms with Gasteiger partial charge in [-0.1, -0.05) is 55.5 Å². The van der Waals surface area contributed by atoms with E-state index in [9.17, 15) is 0 Å². The first-order chi connectivity index (χ1) is 8.34. The summed E-state index contributed by atoms with van der Waals surface area (Å²) in [5.74, 6) is 0.493. The van der Waals surface area contributed by atoms with Crippen LogP contribution in [0.4, 0.5) is 5.69 Å². The Morgan fingerprint density at radius 3 is 2.47 bits per heavy atom. The van der Waals surface area contributed by atoms with E-state index in [1.165, 1.54) is 16.8 Å². The second-order valence-electron chi connectivity index (χ2n) is 4.60. The van der Waals surface area contributed by atoms with Crippen molar-refractivity contribution in [3.8, 4) is 0 Å². The normalized spacial score (nSPS) is 18.4. The van der Waals surface area contributed by atoms with Crippen LogP contribution in [0.2, 0.25) is 0 Å². The molecule has 0 N–H and O–H groups in total. The maximum atomic E-state index is 4.81. The Bertz CT molecular complexity index is 555. The number of hydrogen-bond acceptors (Lipinski definition) is 1. The SMILES string of the molecule is CC1Cc2ccccc2N=C1c1ccccc1. The van der Waals surface area contributed by atoms with Crippen molar-refractivity contribution in [2.45, 2.75) is 13.3 Å². The van der Waals surface area contributed by atoms with Crippen LogP contribution in [0.3, 0.4) is 0 Å². The zero-order chi connectivity index (χ0) is 11.7. The molecule has 2 aromatic rings. The minimum Gasteiger partial charge on any atom is -0.252 e. The average Bonchev–Trinajstić information content (AvgIpc) is 2.39. The maximum Gasteiger partial charge on any atom is 0.0665 e. The first-order valence-corrected chi connectivity index (χ1v) is 6.06. The number of nitrogens with zero attached hydrogens (tertiary/aromatic N) is 1. The van der Waals surface area contributed by atoms with E-state index in [0.717, 1.165) is 12.1 Å². The Morgan fingerprint density at radius 2 is 1.65 bits per heavy atom. The third-order valence-corrected chi connectivity index (χ3v) is 3.29. The van der Waals surface area contributed by atoms with Gasteiger partial charge in [0.05, 0.1) is 11.4 Å². The van der Waals surface area contributed by atoms with E-state index in [4.69, 9.17) is 4.99 Å². The maximum absolute atomic E-state index is 4.81. The van der Waals surface area contributed by atoms with Crippen molar-refractivity contribution in [1.29, 1.82) is 0 Å². The summed E-state index contributed by atoms with van der Waals surface area (Å²) in [6.07, 6.45) is 1.09. The molecule has 1 heterocycles. The topological polar surface area (TPSA) is 12.4 Å². The Labute approximate surface area is 102 Å². The molecule has 0 spiro atoms. The molecule has 1 unspecified atom stereocenters. The fourth-order valence-electron chi connectivity index (χ4n) is 2.42. The number of rotatable bonds is 1. The van der Waals surface area contributed by atoms with Gasteiger partial charge in [0.1, 0.15) is 0 Å². The van der Waals surface area contributed by atoms with E-state index in [1.54, 1.807) is 0 Å². The van der Waals surface area contributed by atoms with Crippen molar-refractivity contribution >= 4 is 11.4 Å². The molecule has 0 radical (unpaired) electrons. The molecule has 0 bridgehead atoms. The van der Waals surface area contributed by atoms with E-state index in [0.29, 0.717) is 5.92 Å². The van der Waals surface area contributed by atoms with E-state index in [1.807, 2.05) is 6.07 Å². The molecule has 17 heavy (non-hydrogen) atoms. The quantitative estimate of drug-likeness (QED) is 0.690. The fourth-order valence-corrected chi connectivity index (χ4v) is 2.42. The summed E-state index contributed by atoms with van der Waals surface area (Å²) in [4.78, 5) is 4.81. The van der Waals surface area contributed by atoms with Gasteiger partial charge in [0.2, 0.25) is 0 Å². The fraction of sp³-hybridized carbons (Fsp3) is 0.188. The smallest absolute Gasteiger partial charge is 0.0665 e. The predicted molar refractivity (Wildman–Crippen MR) is 71.9 cm³/mol. The summed E-state index contributed by atoms with van der Waals surface area (Å²) in [5.41, 5.74) is 4.95. The molecule has 1 heteroatoms. The third kappa shape index (κ3) is 1.89. The van der Waals surface area contributed by atoms with E-state index >= 15 is 0 Å². The molecule has 1 atom stereocenters. The second kappa shape index (κ2) is 4.17. The molecule has 0 aliphatic carbocycles. The summed E-state index contributed by atoms with van der Waals surface area (Å²) in [6, 6.07) is 18.9. The molecule has 2 aromatic carbocycles. The van der Waals surface area contributed by atoms with Gasteiger partial charge < -0.3 is 0 Å². The van der Waals surface area contributed by atoms with Crippen LogP contribution in [0.1, 0.15) is 18.1 Å². The summed E-state index contributed by atoms with van der Waals surface area (Å²) in [6.45, 7) is 2.25. The molecule has 0 saturated heterocycles. The van der Waals surface area contributed by atoms with Crippen LogP contribution < -0.4 is 0 Å². The van der Waals surface area contributed by atoms with Crippen LogP contribution in [0, 0.1) is 5.92 Å². The molecule has 1 aliphatic rings. The minimum absolute atomic E-state index is 0.493. The standard InChI is InChI=1S/C16H15N/c1-12-11-14-9-5-6-10-15(14)17-16(12)13-7-3-2-4-8-13/h2-10,12H,11H2,1H3. The highest BCUT2D eigenvalue weighted by Crippen LogP contribution is 2.30. The first-order valence-electron chi connectivity index (χ1n) is 6.06. The van der Waals surface area contributed by atoms with Crippen molar-refractivity contribution in [3.63, 3.8) is 0 Å². The molecule has 3 rings (SSSR count). The Morgan fingerprint density at radius 1 is 0.941 bits per heavy atom. The van der Waals surface area contributed by atoms with Crippen LogP contribution in [0.5, 0.6) is 0 Å². The molecular weight excluding hydrogens is 206 g/mol. The highest BCUT2D eigenvalue weighted by atomic mass is 14.8. The Balaban J connectivity index is 2.10. The first kappa shape index (κ1) is 10.3. The van der Waals surface area contributed by atoms with Crippen molar-refractivity contribution in [1.82, 2.24) is 0 Å². The van der Waals surface area contributed by atoms with Gasteiger partial charge in [-0.25, -0.2) is 0 Å². The van der Waals surface area contributed by atoms with Gasteiger partial charge >= 0.3 is 0 Å². The van der Waals surface area contributed by atoms with Gasteiger partial charge in [-0.2, -0.15) is 0 Å². The molecule has 1 nitrogen and oxygen atoms in total. The summed E-state index contributed by atoms with van der Waals surface area (Å²) in [5, 5.41) is 0. The monoisotopic (exact) mass is 221 g/mol. The lowest BCUT2D eigenvalue weighted by molar-refractivity contribution is 0.755. The van der Waals surface area contributed by atoms with Crippen LogP contribution in [0.15, 0.2) is 59.6 Å². The van der Waals surface area contributed by atoms with Crippen molar-refractivity contribution in [3.05, 3.63) is 65.7 Å². The van der Waals surface area contributed by atoms with Crippen LogP contribution >= 0.6 is 0 Å². The Kier molecular flexibility index (Phi) is 2.52. The molecule has 0 saturated carbocycles. The zero-order valence-corrected chi connectivity index (χ0v) is 9.93. The molecule has 84 valence electrons. The van der Waals surface area contributed by atoms with E-state index < -0.39 is 0 Å². The van der Waals surface area contributed by atoms with Crippen molar-refractivity contribution in [2.75, 3.05) is 0 Å². The minimum atomic E-state index is 0.493. The average molecular weight is 221 g/mol. The molecular formula is C16H15N. The number of hydrogen-bond donors (Lipinski definition) is 0. The number of aliphatic imine (C=N–C) groups is 1. The van der Waals surface area contributed by atoms with Crippen LogP contribution in [-0.4, -0.2) is 5.71 Å². The lowest BCUT2D eigenvalue weighted by Gasteiger charge is -2.21. The van der Waals surface area contributed by atoms with Crippen LogP contribution in [-0.2, 0) is 6.42 Å². The van der Waals surface area contributed by atoms with Gasteiger partial charge in [0.25, 0.3) is 0 Å². The van der Waals surface area contributed by atoms with E-state index in [-0.39, 0.29) is 0 Å². The van der Waals surface area contributed by atoms with E-state index in [2.05, 4.69) is 55.5 Å². The number of benzene rings is 2. The zero-order valence-electron chi connectivity index (χ0n) is 9.93. The molecule has 0 aromatic heterocycles. The van der Waals surface area contributed by atoms with Crippen molar-refractivity contribution in [2.24, 2.45) is 10.9 Å². The predicted octanol–water partition coefficient (Wildman–Crippen LogP) is 4.00. The lowest BCUT2D eigenvalue weighted by Crippen LogP contribution is -2.18. The summed E-state index contributed by atoms with van der Waals surface area (Å²) < 4.78 is 0. The van der Waals surface area contributed by atoms with Gasteiger partial charge in [-0.05, 0) is 23.6 Å². The molecule has 0 fully saturated rings. The summed E-state index contributed by atoms with van der Waals surface area (Å²) >= 11 is 0. The second-order valence-corrected chi connectivity index (χ2v) is 4.60. The van der Waals surface area contributed by atoms with Crippen LogP contribution in [0.25, 0.3) is 0 Å². The molecule has 1 aliphatic heterocycles. The number of para-hydroxylation sites is 1. The highest BCUT2D eigenvalue weighted by Gasteiger charge is 2.19. The highest BCUT2D eigenvalue weighted by molar-refractivity contribution is 6.04. The summed E-state index contributed by atoms with van der Waals surface area (Å²) in [7, 11) is 0. The Hall–Kier alpha value is -1.89. The van der Waals surface area contributed by atoms with Gasteiger partial charge in [-0.3, -0.25) is 4.99 Å².